The molecule has 1 heterocycles. The quantitative estimate of drug-likeness (QED) is 0.880. The van der Waals surface area contributed by atoms with E-state index in [4.69, 9.17) is 16.3 Å². The second kappa shape index (κ2) is 5.17. The summed E-state index contributed by atoms with van der Waals surface area (Å²) >= 11 is 5.90. The summed E-state index contributed by atoms with van der Waals surface area (Å²) in [6, 6.07) is 7.66. The molecule has 2 nitrogen and oxygen atoms in total. The number of benzene rings is 1. The lowest BCUT2D eigenvalue weighted by atomic mass is 9.94. The third-order valence-electron chi connectivity index (χ3n) is 3.11. The van der Waals surface area contributed by atoms with E-state index in [0.29, 0.717) is 13.0 Å². The van der Waals surface area contributed by atoms with Crippen LogP contribution in [0.5, 0.6) is 0 Å². The molecule has 0 saturated carbocycles. The highest BCUT2D eigenvalue weighted by atomic mass is 35.5. The molecule has 1 aromatic rings. The molecule has 1 fully saturated rings. The van der Waals surface area contributed by atoms with Gasteiger partial charge in [-0.25, -0.2) is 0 Å². The van der Waals surface area contributed by atoms with Crippen LogP contribution in [0.1, 0.15) is 18.9 Å². The fraction of sp³-hybridized carbons (Fsp3) is 0.538. The van der Waals surface area contributed by atoms with Crippen LogP contribution in [-0.2, 0) is 11.2 Å². The molecule has 1 N–H and O–H groups in total. The molecule has 1 aliphatic rings. The van der Waals surface area contributed by atoms with Crippen molar-refractivity contribution in [3.63, 3.8) is 0 Å². The number of hydrogen-bond acceptors (Lipinski definition) is 2. The number of rotatable bonds is 3. The van der Waals surface area contributed by atoms with Gasteiger partial charge in [-0.2, -0.15) is 0 Å². The van der Waals surface area contributed by atoms with Gasteiger partial charge in [0.15, 0.2) is 0 Å². The summed E-state index contributed by atoms with van der Waals surface area (Å²) in [6.45, 7) is 2.72. The number of halogens is 1. The molecule has 0 amide bonds. The van der Waals surface area contributed by atoms with Crippen molar-refractivity contribution < 1.29 is 9.84 Å². The van der Waals surface area contributed by atoms with Crippen molar-refractivity contribution in [2.24, 2.45) is 5.92 Å². The monoisotopic (exact) mass is 240 g/mol. The largest absolute Gasteiger partial charge is 0.392 e. The van der Waals surface area contributed by atoms with Gasteiger partial charge < -0.3 is 9.84 Å². The van der Waals surface area contributed by atoms with E-state index >= 15 is 0 Å². The zero-order chi connectivity index (χ0) is 11.5. The van der Waals surface area contributed by atoms with Crippen molar-refractivity contribution in [3.8, 4) is 0 Å². The van der Waals surface area contributed by atoms with Crippen molar-refractivity contribution in [1.82, 2.24) is 0 Å². The second-order valence-electron chi connectivity index (χ2n) is 4.54. The first-order valence-electron chi connectivity index (χ1n) is 5.69. The first-order valence-corrected chi connectivity index (χ1v) is 6.07. The first kappa shape index (κ1) is 11.9. The Balaban J connectivity index is 1.94. The minimum Gasteiger partial charge on any atom is -0.392 e. The lowest BCUT2D eigenvalue weighted by Crippen LogP contribution is -2.23. The van der Waals surface area contributed by atoms with E-state index in [1.807, 2.05) is 31.2 Å². The molecule has 1 aromatic carbocycles. The summed E-state index contributed by atoms with van der Waals surface area (Å²) < 4.78 is 5.46. The topological polar surface area (TPSA) is 29.5 Å². The van der Waals surface area contributed by atoms with Crippen LogP contribution in [0.3, 0.4) is 0 Å². The smallest absolute Gasteiger partial charge is 0.0631 e. The van der Waals surface area contributed by atoms with Crippen molar-refractivity contribution >= 4 is 11.6 Å². The third-order valence-corrected chi connectivity index (χ3v) is 3.34. The van der Waals surface area contributed by atoms with Crippen LogP contribution in [0, 0.1) is 5.92 Å². The highest BCUT2D eigenvalue weighted by Gasteiger charge is 2.28. The van der Waals surface area contributed by atoms with Gasteiger partial charge in [-0.15, -0.1) is 0 Å². The minimum absolute atomic E-state index is 0.258. The van der Waals surface area contributed by atoms with Gasteiger partial charge in [0.05, 0.1) is 18.8 Å². The lowest BCUT2D eigenvalue weighted by molar-refractivity contribution is 0.0807. The summed E-state index contributed by atoms with van der Waals surface area (Å²) in [5.41, 5.74) is 1.08. The summed E-state index contributed by atoms with van der Waals surface area (Å²) in [5.74, 6) is 0.258. The summed E-state index contributed by atoms with van der Waals surface area (Å²) in [5, 5.41) is 10.8. The van der Waals surface area contributed by atoms with Gasteiger partial charge in [-0.3, -0.25) is 0 Å². The molecule has 1 aliphatic heterocycles. The number of aliphatic hydroxyl groups excluding tert-OH is 1. The fourth-order valence-electron chi connectivity index (χ4n) is 2.19. The van der Waals surface area contributed by atoms with Gasteiger partial charge in [0.1, 0.15) is 0 Å². The van der Waals surface area contributed by atoms with Crippen LogP contribution in [0.4, 0.5) is 0 Å². The summed E-state index contributed by atoms with van der Waals surface area (Å²) in [6.07, 6.45) is 1.55. The van der Waals surface area contributed by atoms with E-state index in [9.17, 15) is 5.11 Å². The van der Waals surface area contributed by atoms with Gasteiger partial charge in [0.2, 0.25) is 0 Å². The fourth-order valence-corrected chi connectivity index (χ4v) is 2.40. The van der Waals surface area contributed by atoms with E-state index in [-0.39, 0.29) is 18.1 Å². The Hall–Kier alpha value is -0.570. The van der Waals surface area contributed by atoms with Crippen LogP contribution < -0.4 is 0 Å². The van der Waals surface area contributed by atoms with Gasteiger partial charge in [0, 0.05) is 10.9 Å². The molecule has 0 spiro atoms. The molecular weight excluding hydrogens is 224 g/mol. The average Bonchev–Trinajstić information content (AvgIpc) is 2.65. The van der Waals surface area contributed by atoms with Crippen molar-refractivity contribution in [1.29, 1.82) is 0 Å². The Labute approximate surface area is 101 Å². The Morgan fingerprint density at radius 3 is 3.00 bits per heavy atom. The zero-order valence-corrected chi connectivity index (χ0v) is 10.2. The van der Waals surface area contributed by atoms with Crippen molar-refractivity contribution in [2.75, 3.05) is 6.61 Å². The van der Waals surface area contributed by atoms with Gasteiger partial charge in [-0.05, 0) is 37.5 Å². The maximum Gasteiger partial charge on any atom is 0.0631 e. The highest BCUT2D eigenvalue weighted by Crippen LogP contribution is 2.24. The Kier molecular flexibility index (Phi) is 3.85. The third kappa shape index (κ3) is 2.97. The normalized spacial score (nSPS) is 26.9. The van der Waals surface area contributed by atoms with Crippen LogP contribution in [0.2, 0.25) is 5.02 Å². The molecule has 0 bridgehead atoms. The molecule has 3 unspecified atom stereocenters. The molecule has 3 atom stereocenters. The van der Waals surface area contributed by atoms with Crippen LogP contribution in [0.25, 0.3) is 0 Å². The lowest BCUT2D eigenvalue weighted by Gasteiger charge is -2.16. The van der Waals surface area contributed by atoms with Gasteiger partial charge in [-0.1, -0.05) is 23.7 Å². The standard InChI is InChI=1S/C13H17ClO2/c1-9-5-11(8-16-9)13(15)7-10-3-2-4-12(14)6-10/h2-4,6,9,11,13,15H,5,7-8H2,1H3. The molecule has 16 heavy (non-hydrogen) atoms. The van der Waals surface area contributed by atoms with Gasteiger partial charge in [0.25, 0.3) is 0 Å². The molecule has 0 aliphatic carbocycles. The van der Waals surface area contributed by atoms with Crippen molar-refractivity contribution in [3.05, 3.63) is 34.9 Å². The zero-order valence-electron chi connectivity index (χ0n) is 9.40. The molecule has 3 heteroatoms. The van der Waals surface area contributed by atoms with Crippen molar-refractivity contribution in [2.45, 2.75) is 32.0 Å². The molecule has 88 valence electrons. The number of ether oxygens (including phenoxy) is 1. The molecular formula is C13H17ClO2. The average molecular weight is 241 g/mol. The van der Waals surface area contributed by atoms with E-state index < -0.39 is 0 Å². The summed E-state index contributed by atoms with van der Waals surface area (Å²) in [7, 11) is 0. The van der Waals surface area contributed by atoms with Crippen LogP contribution >= 0.6 is 11.6 Å². The highest BCUT2D eigenvalue weighted by molar-refractivity contribution is 6.30. The minimum atomic E-state index is -0.330. The van der Waals surface area contributed by atoms with E-state index in [1.54, 1.807) is 0 Å². The second-order valence-corrected chi connectivity index (χ2v) is 4.98. The molecule has 0 aromatic heterocycles. The maximum absolute atomic E-state index is 10.1. The molecule has 2 rings (SSSR count). The molecule has 0 radical (unpaired) electrons. The Bertz CT molecular complexity index is 354. The number of aliphatic hydroxyl groups is 1. The van der Waals surface area contributed by atoms with Gasteiger partial charge >= 0.3 is 0 Å². The predicted octanol–water partition coefficient (Wildman–Crippen LogP) is 2.67. The van der Waals surface area contributed by atoms with E-state index in [1.165, 1.54) is 0 Å². The summed E-state index contributed by atoms with van der Waals surface area (Å²) in [4.78, 5) is 0. The first-order chi connectivity index (χ1) is 7.65. The SMILES string of the molecule is CC1CC(C(O)Cc2cccc(Cl)c2)CO1. The Morgan fingerprint density at radius 1 is 1.56 bits per heavy atom. The molecule has 1 saturated heterocycles. The number of hydrogen-bond donors (Lipinski definition) is 1. The van der Waals surface area contributed by atoms with E-state index in [0.717, 1.165) is 17.0 Å². The van der Waals surface area contributed by atoms with E-state index in [2.05, 4.69) is 0 Å². The predicted molar refractivity (Wildman–Crippen MR) is 64.7 cm³/mol. The Morgan fingerprint density at radius 2 is 2.38 bits per heavy atom. The maximum atomic E-state index is 10.1. The van der Waals surface area contributed by atoms with Crippen LogP contribution in [-0.4, -0.2) is 23.9 Å². The van der Waals surface area contributed by atoms with Crippen LogP contribution in [0.15, 0.2) is 24.3 Å².